The van der Waals surface area contributed by atoms with Crippen molar-refractivity contribution < 1.29 is 23.8 Å². The van der Waals surface area contributed by atoms with Crippen LogP contribution in [0.15, 0.2) is 47.8 Å². The summed E-state index contributed by atoms with van der Waals surface area (Å²) in [5, 5.41) is 3.96. The van der Waals surface area contributed by atoms with Gasteiger partial charge in [0.05, 0.1) is 31.6 Å². The molecule has 1 fully saturated rings. The lowest BCUT2D eigenvalue weighted by Crippen LogP contribution is -2.43. The molecule has 1 aliphatic heterocycles. The molecule has 2 aromatic rings. The van der Waals surface area contributed by atoms with Gasteiger partial charge >= 0.3 is 0 Å². The molecule has 2 amide bonds. The molecule has 3 rings (SSSR count). The third kappa shape index (κ3) is 6.02. The Labute approximate surface area is 174 Å². The smallest absolute Gasteiger partial charge is 0.272 e. The number of pyridine rings is 1. The molecule has 1 aromatic heterocycles. The molecule has 0 saturated carbocycles. The molecule has 2 heterocycles. The number of aromatic nitrogens is 1. The van der Waals surface area contributed by atoms with Crippen molar-refractivity contribution in [1.29, 1.82) is 0 Å². The Bertz CT molecular complexity index is 882. The lowest BCUT2D eigenvalue weighted by molar-refractivity contribution is -0.137. The summed E-state index contributed by atoms with van der Waals surface area (Å²) in [6, 6.07) is 8.53. The third-order valence-corrected chi connectivity index (χ3v) is 4.29. The van der Waals surface area contributed by atoms with Crippen molar-refractivity contribution in [1.82, 2.24) is 15.3 Å². The first-order valence-electron chi connectivity index (χ1n) is 9.66. The number of amides is 2. The Morgan fingerprint density at radius 3 is 2.80 bits per heavy atom. The van der Waals surface area contributed by atoms with E-state index in [1.54, 1.807) is 41.4 Å². The lowest BCUT2D eigenvalue weighted by Gasteiger charge is -2.26. The summed E-state index contributed by atoms with van der Waals surface area (Å²) in [4.78, 5) is 29.9. The maximum absolute atomic E-state index is 12.3. The minimum atomic E-state index is -0.356. The molecule has 30 heavy (non-hydrogen) atoms. The zero-order valence-electron chi connectivity index (χ0n) is 16.7. The van der Waals surface area contributed by atoms with Crippen molar-refractivity contribution in [3.63, 3.8) is 0 Å². The number of carbonyl (C=O) groups excluding carboxylic acids is 2. The van der Waals surface area contributed by atoms with E-state index < -0.39 is 0 Å². The summed E-state index contributed by atoms with van der Waals surface area (Å²) in [5.74, 6) is 0.514. The first-order valence-corrected chi connectivity index (χ1v) is 9.66. The van der Waals surface area contributed by atoms with Crippen molar-refractivity contribution >= 4 is 18.0 Å². The van der Waals surface area contributed by atoms with Crippen molar-refractivity contribution in [3.05, 3.63) is 53.9 Å². The number of benzene rings is 1. The molecule has 0 unspecified atom stereocenters. The maximum Gasteiger partial charge on any atom is 0.272 e. The van der Waals surface area contributed by atoms with E-state index in [2.05, 4.69) is 15.5 Å². The van der Waals surface area contributed by atoms with Crippen molar-refractivity contribution in [2.75, 3.05) is 39.5 Å². The van der Waals surface area contributed by atoms with Gasteiger partial charge in [0.2, 0.25) is 0 Å². The van der Waals surface area contributed by atoms with Gasteiger partial charge in [-0.15, -0.1) is 0 Å². The summed E-state index contributed by atoms with van der Waals surface area (Å²) in [6.07, 6.45) is 4.55. The highest BCUT2D eigenvalue weighted by Crippen LogP contribution is 2.28. The Morgan fingerprint density at radius 1 is 1.23 bits per heavy atom. The summed E-state index contributed by atoms with van der Waals surface area (Å²) in [7, 11) is 0. The zero-order chi connectivity index (χ0) is 21.2. The molecule has 1 N–H and O–H groups in total. The van der Waals surface area contributed by atoms with Gasteiger partial charge in [0.25, 0.3) is 11.8 Å². The molecule has 0 aliphatic carbocycles. The number of hydrogen-bond acceptors (Lipinski definition) is 7. The van der Waals surface area contributed by atoms with Gasteiger partial charge in [-0.05, 0) is 42.8 Å². The Kier molecular flexibility index (Phi) is 7.73. The number of nitrogens with one attached hydrogen (secondary N) is 1. The Morgan fingerprint density at radius 2 is 2.07 bits per heavy atom. The SMILES string of the molecule is CCOc1cc(/C=N/NC(=O)c2cccnc2)ccc1OCC(=O)N1CCOCC1. The fraction of sp³-hybridized carbons (Fsp3) is 0.333. The van der Waals surface area contributed by atoms with Crippen molar-refractivity contribution in [3.8, 4) is 11.5 Å². The van der Waals surface area contributed by atoms with Gasteiger partial charge < -0.3 is 19.1 Å². The van der Waals surface area contributed by atoms with Gasteiger partial charge in [-0.2, -0.15) is 5.10 Å². The second kappa shape index (κ2) is 10.9. The number of ether oxygens (including phenoxy) is 3. The molecule has 0 spiro atoms. The number of hydrogen-bond donors (Lipinski definition) is 1. The van der Waals surface area contributed by atoms with Crippen LogP contribution in [0.4, 0.5) is 0 Å². The largest absolute Gasteiger partial charge is 0.490 e. The van der Waals surface area contributed by atoms with E-state index >= 15 is 0 Å². The first-order chi connectivity index (χ1) is 14.7. The lowest BCUT2D eigenvalue weighted by atomic mass is 10.2. The van der Waals surface area contributed by atoms with E-state index in [0.29, 0.717) is 55.5 Å². The topological polar surface area (TPSA) is 102 Å². The summed E-state index contributed by atoms with van der Waals surface area (Å²) >= 11 is 0. The predicted octanol–water partition coefficient (Wildman–Crippen LogP) is 1.48. The van der Waals surface area contributed by atoms with E-state index in [0.717, 1.165) is 0 Å². The average molecular weight is 412 g/mol. The Hall–Kier alpha value is -3.46. The summed E-state index contributed by atoms with van der Waals surface area (Å²) in [5.41, 5.74) is 3.57. The highest BCUT2D eigenvalue weighted by molar-refractivity contribution is 5.94. The predicted molar refractivity (Wildman–Crippen MR) is 110 cm³/mol. The standard InChI is InChI=1S/C21H24N4O5/c1-2-29-19-12-16(13-23-24-21(27)17-4-3-7-22-14-17)5-6-18(19)30-15-20(26)25-8-10-28-11-9-25/h3-7,12-14H,2,8-11,15H2,1H3,(H,24,27)/b23-13+. The summed E-state index contributed by atoms with van der Waals surface area (Å²) in [6.45, 7) is 4.45. The van der Waals surface area contributed by atoms with Gasteiger partial charge in [-0.25, -0.2) is 5.43 Å². The number of hydrazone groups is 1. The monoisotopic (exact) mass is 412 g/mol. The van der Waals surface area contributed by atoms with E-state index in [1.165, 1.54) is 12.4 Å². The van der Waals surface area contributed by atoms with Crippen LogP contribution in [0.5, 0.6) is 11.5 Å². The van der Waals surface area contributed by atoms with Crippen LogP contribution >= 0.6 is 0 Å². The van der Waals surface area contributed by atoms with Gasteiger partial charge in [0.15, 0.2) is 18.1 Å². The molecule has 9 heteroatoms. The van der Waals surface area contributed by atoms with Crippen LogP contribution in [0.25, 0.3) is 0 Å². The second-order valence-electron chi connectivity index (χ2n) is 6.36. The van der Waals surface area contributed by atoms with Crippen LogP contribution in [0, 0.1) is 0 Å². The second-order valence-corrected chi connectivity index (χ2v) is 6.36. The molecular formula is C21H24N4O5. The van der Waals surface area contributed by atoms with Crippen molar-refractivity contribution in [2.45, 2.75) is 6.92 Å². The fourth-order valence-corrected chi connectivity index (χ4v) is 2.76. The van der Waals surface area contributed by atoms with Crippen LogP contribution < -0.4 is 14.9 Å². The minimum Gasteiger partial charge on any atom is -0.490 e. The first kappa shape index (κ1) is 21.3. The maximum atomic E-state index is 12.3. The molecule has 1 saturated heterocycles. The number of rotatable bonds is 8. The van der Waals surface area contributed by atoms with Gasteiger partial charge in [-0.3, -0.25) is 14.6 Å². The van der Waals surface area contributed by atoms with Crippen molar-refractivity contribution in [2.24, 2.45) is 5.10 Å². The average Bonchev–Trinajstić information content (AvgIpc) is 2.79. The minimum absolute atomic E-state index is 0.0747. The third-order valence-electron chi connectivity index (χ3n) is 4.29. The molecule has 9 nitrogen and oxygen atoms in total. The van der Waals surface area contributed by atoms with Gasteiger partial charge in [0.1, 0.15) is 0 Å². The zero-order valence-corrected chi connectivity index (χ0v) is 16.7. The molecule has 0 bridgehead atoms. The normalized spacial score (nSPS) is 13.8. The van der Waals surface area contributed by atoms with E-state index in [1.807, 2.05) is 6.92 Å². The molecule has 1 aliphatic rings. The van der Waals surface area contributed by atoms with Crippen LogP contribution in [0.1, 0.15) is 22.8 Å². The Balaban J connectivity index is 1.59. The molecule has 158 valence electrons. The summed E-state index contributed by atoms with van der Waals surface area (Å²) < 4.78 is 16.6. The quantitative estimate of drug-likeness (QED) is 0.521. The number of nitrogens with zero attached hydrogens (tertiary/aromatic N) is 3. The van der Waals surface area contributed by atoms with Gasteiger partial charge in [-0.1, -0.05) is 0 Å². The van der Waals surface area contributed by atoms with Crippen LogP contribution in [-0.4, -0.2) is 67.4 Å². The molecular weight excluding hydrogens is 388 g/mol. The molecule has 1 aromatic carbocycles. The number of morpholine rings is 1. The van der Waals surface area contributed by atoms with Gasteiger partial charge in [0, 0.05) is 25.5 Å². The highest BCUT2D eigenvalue weighted by Gasteiger charge is 2.18. The highest BCUT2D eigenvalue weighted by atomic mass is 16.5. The van der Waals surface area contributed by atoms with E-state index in [9.17, 15) is 9.59 Å². The molecule has 0 radical (unpaired) electrons. The fourth-order valence-electron chi connectivity index (χ4n) is 2.76. The van der Waals surface area contributed by atoms with Crippen LogP contribution in [-0.2, 0) is 9.53 Å². The number of carbonyl (C=O) groups is 2. The molecule has 0 atom stereocenters. The van der Waals surface area contributed by atoms with Crippen LogP contribution in [0.2, 0.25) is 0 Å². The van der Waals surface area contributed by atoms with Crippen LogP contribution in [0.3, 0.4) is 0 Å². The van der Waals surface area contributed by atoms with E-state index in [4.69, 9.17) is 14.2 Å². The van der Waals surface area contributed by atoms with E-state index in [-0.39, 0.29) is 18.4 Å².